The van der Waals surface area contributed by atoms with Gasteiger partial charge in [0.15, 0.2) is 0 Å². The maximum atomic E-state index is 12.6. The second kappa shape index (κ2) is 20.8. The summed E-state index contributed by atoms with van der Waals surface area (Å²) in [4.78, 5) is 0. The van der Waals surface area contributed by atoms with Crippen LogP contribution in [0.25, 0.3) is 0 Å². The van der Waals surface area contributed by atoms with Gasteiger partial charge in [-0.3, -0.25) is 0 Å². The molecule has 7 nitrogen and oxygen atoms in total. The van der Waals surface area contributed by atoms with E-state index in [1.54, 1.807) is 6.92 Å². The summed E-state index contributed by atoms with van der Waals surface area (Å²) in [7, 11) is -8.75. The highest BCUT2D eigenvalue weighted by Gasteiger charge is 2.36. The molecule has 1 aromatic carbocycles. The number of ether oxygens (including phenoxy) is 2. The van der Waals surface area contributed by atoms with Gasteiger partial charge in [0.2, 0.25) is 5.44 Å². The van der Waals surface area contributed by atoms with Crippen molar-refractivity contribution >= 4 is 20.2 Å². The average Bonchev–Trinajstić information content (AvgIpc) is 2.85. The zero-order chi connectivity index (χ0) is 28.1. The third kappa shape index (κ3) is 18.3. The number of hydrogen-bond donors (Lipinski definition) is 0. The highest BCUT2D eigenvalue weighted by atomic mass is 32.3. The second-order valence-corrected chi connectivity index (χ2v) is 13.7. The molecule has 2 atom stereocenters. The van der Waals surface area contributed by atoms with E-state index in [0.717, 1.165) is 24.8 Å². The van der Waals surface area contributed by atoms with Gasteiger partial charge >= 0.3 is 10.1 Å². The third-order valence-corrected chi connectivity index (χ3v) is 9.36. The fourth-order valence-corrected chi connectivity index (χ4v) is 6.89. The van der Waals surface area contributed by atoms with Crippen molar-refractivity contribution in [2.45, 2.75) is 135 Å². The van der Waals surface area contributed by atoms with Gasteiger partial charge in [-0.05, 0) is 18.9 Å². The van der Waals surface area contributed by atoms with Crippen LogP contribution in [-0.4, -0.2) is 41.2 Å². The van der Waals surface area contributed by atoms with Crippen LogP contribution >= 0.6 is 0 Å². The lowest BCUT2D eigenvalue weighted by Crippen LogP contribution is -2.38. The predicted molar refractivity (Wildman–Crippen MR) is 155 cm³/mol. The van der Waals surface area contributed by atoms with Crippen LogP contribution in [0.5, 0.6) is 0 Å². The molecule has 0 amide bonds. The minimum Gasteiger partial charge on any atom is -0.370 e. The average molecular weight is 577 g/mol. The number of benzene rings is 1. The molecule has 0 N–H and O–H groups in total. The van der Waals surface area contributed by atoms with Crippen LogP contribution in [0.2, 0.25) is 0 Å². The highest BCUT2D eigenvalue weighted by Crippen LogP contribution is 2.19. The zero-order valence-corrected chi connectivity index (χ0v) is 25.6. The van der Waals surface area contributed by atoms with Crippen LogP contribution in [0.15, 0.2) is 30.3 Å². The van der Waals surface area contributed by atoms with Crippen molar-refractivity contribution < 1.29 is 29.9 Å². The Morgan fingerprint density at radius 1 is 0.658 bits per heavy atom. The molecule has 222 valence electrons. The summed E-state index contributed by atoms with van der Waals surface area (Å²) in [5.41, 5.74) is -0.658. The molecule has 0 aliphatic rings. The van der Waals surface area contributed by atoms with Crippen LogP contribution in [0.4, 0.5) is 0 Å². The molecule has 0 aliphatic carbocycles. The van der Waals surface area contributed by atoms with E-state index in [4.69, 9.17) is 9.47 Å². The Morgan fingerprint density at radius 3 is 1.55 bits per heavy atom. The van der Waals surface area contributed by atoms with Crippen molar-refractivity contribution in [3.8, 4) is 0 Å². The monoisotopic (exact) mass is 576 g/mol. The summed E-state index contributed by atoms with van der Waals surface area (Å²) in [5, 5.41) is 0. The van der Waals surface area contributed by atoms with Gasteiger partial charge in [-0.1, -0.05) is 134 Å². The van der Waals surface area contributed by atoms with E-state index in [1.165, 1.54) is 77.0 Å². The molecule has 0 saturated carbocycles. The molecule has 1 rings (SSSR count). The lowest BCUT2D eigenvalue weighted by molar-refractivity contribution is -0.0384. The van der Waals surface area contributed by atoms with Crippen molar-refractivity contribution in [2.75, 3.05) is 12.9 Å². The Hall–Kier alpha value is -1.00. The number of unbranched alkanes of at least 4 members (excludes halogenated alkanes) is 15. The summed E-state index contributed by atoms with van der Waals surface area (Å²) in [6, 6.07) is 9.32. The number of hydrogen-bond acceptors (Lipinski definition) is 7. The van der Waals surface area contributed by atoms with Crippen LogP contribution in [-0.2, 0) is 39.9 Å². The molecular weight excluding hydrogens is 524 g/mol. The molecule has 9 heteroatoms. The maximum absolute atomic E-state index is 12.6. The Morgan fingerprint density at radius 2 is 1.11 bits per heavy atom. The van der Waals surface area contributed by atoms with E-state index in [9.17, 15) is 16.8 Å². The molecule has 0 aliphatic heterocycles. The molecule has 0 saturated heterocycles. The summed E-state index contributed by atoms with van der Waals surface area (Å²) in [5.74, 6) is 0. The third-order valence-electron chi connectivity index (χ3n) is 6.52. The molecule has 1 aromatic rings. The van der Waals surface area contributed by atoms with E-state index < -0.39 is 31.8 Å². The van der Waals surface area contributed by atoms with Crippen molar-refractivity contribution in [3.63, 3.8) is 0 Å². The Kier molecular flexibility index (Phi) is 19.2. The topological polar surface area (TPSA) is 96.0 Å². The largest absolute Gasteiger partial charge is 0.370 e. The first-order chi connectivity index (χ1) is 18.2. The normalized spacial score (nSPS) is 14.0. The Bertz CT molecular complexity index is 902. The molecule has 0 heterocycles. The first-order valence-electron chi connectivity index (χ1n) is 14.6. The highest BCUT2D eigenvalue weighted by molar-refractivity contribution is 7.99. The fraction of sp³-hybridized carbons (Fsp3) is 0.793. The SMILES string of the molecule is CCCCCCCCCCCCCCCCCCOC(C(C)OCc1ccccc1)S(=O)(=O)OS(C)(=O)=O. The van der Waals surface area contributed by atoms with Gasteiger partial charge in [0.1, 0.15) is 0 Å². The Labute approximate surface area is 233 Å². The summed E-state index contributed by atoms with van der Waals surface area (Å²) >= 11 is 0. The first-order valence-corrected chi connectivity index (χ1v) is 17.9. The van der Waals surface area contributed by atoms with E-state index in [-0.39, 0.29) is 13.2 Å². The van der Waals surface area contributed by atoms with Crippen LogP contribution in [0.1, 0.15) is 122 Å². The quantitative estimate of drug-likeness (QED) is 0.111. The second-order valence-electron chi connectivity index (χ2n) is 10.3. The van der Waals surface area contributed by atoms with E-state index in [0.29, 0.717) is 12.7 Å². The van der Waals surface area contributed by atoms with Gasteiger partial charge in [0, 0.05) is 6.61 Å². The van der Waals surface area contributed by atoms with Crippen molar-refractivity contribution in [3.05, 3.63) is 35.9 Å². The van der Waals surface area contributed by atoms with E-state index in [2.05, 4.69) is 10.6 Å². The Balaban J connectivity index is 2.23. The predicted octanol–water partition coefficient (Wildman–Crippen LogP) is 7.50. The molecule has 0 fully saturated rings. The summed E-state index contributed by atoms with van der Waals surface area (Å²) in [6.07, 6.45) is 19.7. The fourth-order valence-electron chi connectivity index (χ4n) is 4.39. The molecule has 0 radical (unpaired) electrons. The van der Waals surface area contributed by atoms with Crippen LogP contribution in [0, 0.1) is 0 Å². The van der Waals surface area contributed by atoms with Gasteiger partial charge in [-0.15, -0.1) is 3.63 Å². The maximum Gasteiger partial charge on any atom is 0.311 e. The summed E-state index contributed by atoms with van der Waals surface area (Å²) in [6.45, 7) is 4.17. The lowest BCUT2D eigenvalue weighted by Gasteiger charge is -2.23. The van der Waals surface area contributed by atoms with E-state index in [1.807, 2.05) is 30.3 Å². The van der Waals surface area contributed by atoms with Gasteiger partial charge < -0.3 is 9.47 Å². The smallest absolute Gasteiger partial charge is 0.311 e. The molecule has 38 heavy (non-hydrogen) atoms. The van der Waals surface area contributed by atoms with Crippen LogP contribution < -0.4 is 0 Å². The van der Waals surface area contributed by atoms with Gasteiger partial charge in [-0.25, -0.2) is 0 Å². The van der Waals surface area contributed by atoms with E-state index >= 15 is 0 Å². The van der Waals surface area contributed by atoms with Gasteiger partial charge in [-0.2, -0.15) is 16.8 Å². The van der Waals surface area contributed by atoms with Gasteiger partial charge in [0.25, 0.3) is 10.1 Å². The minimum absolute atomic E-state index is 0.176. The lowest BCUT2D eigenvalue weighted by atomic mass is 10.0. The first kappa shape index (κ1) is 35.0. The summed E-state index contributed by atoms with van der Waals surface area (Å²) < 4.78 is 63.9. The van der Waals surface area contributed by atoms with Gasteiger partial charge in [0.05, 0.1) is 19.0 Å². The molecule has 0 spiro atoms. The van der Waals surface area contributed by atoms with Crippen molar-refractivity contribution in [1.82, 2.24) is 0 Å². The van der Waals surface area contributed by atoms with Crippen molar-refractivity contribution in [1.29, 1.82) is 0 Å². The molecule has 2 unspecified atom stereocenters. The number of rotatable bonds is 25. The molecule has 0 aromatic heterocycles. The molecular formula is C29H52O7S2. The minimum atomic E-state index is -4.54. The molecule has 0 bridgehead atoms. The zero-order valence-electron chi connectivity index (χ0n) is 23.9. The van der Waals surface area contributed by atoms with Crippen LogP contribution in [0.3, 0.4) is 0 Å². The standard InChI is InChI=1S/C29H52O7S2/c1-4-5-6-7-8-9-10-11-12-13-14-15-16-17-18-22-25-34-29(38(32,33)36-37(3,30)31)27(2)35-26-28-23-20-19-21-24-28/h19-21,23-24,27,29H,4-18,22,25-26H2,1-3H3. The van der Waals surface area contributed by atoms with Crippen molar-refractivity contribution in [2.24, 2.45) is 0 Å².